The highest BCUT2D eigenvalue weighted by atomic mass is 16.5. The van der Waals surface area contributed by atoms with Crippen LogP contribution in [0.25, 0.3) is 0 Å². The van der Waals surface area contributed by atoms with E-state index in [2.05, 4.69) is 36.5 Å². The van der Waals surface area contributed by atoms with Gasteiger partial charge in [0.25, 0.3) is 0 Å². The van der Waals surface area contributed by atoms with Crippen LogP contribution in [0.2, 0.25) is 0 Å². The highest BCUT2D eigenvalue weighted by molar-refractivity contribution is 5.37. The normalized spacial score (nSPS) is 24.1. The Bertz CT molecular complexity index is 425. The van der Waals surface area contributed by atoms with Gasteiger partial charge in [-0.2, -0.15) is 0 Å². The van der Waals surface area contributed by atoms with Crippen molar-refractivity contribution in [1.82, 2.24) is 5.32 Å². The second-order valence-electron chi connectivity index (χ2n) is 6.32. The van der Waals surface area contributed by atoms with E-state index in [4.69, 9.17) is 4.74 Å². The van der Waals surface area contributed by atoms with Gasteiger partial charge in [-0.25, -0.2) is 0 Å². The van der Waals surface area contributed by atoms with E-state index in [0.29, 0.717) is 12.0 Å². The molecule has 0 aromatic heterocycles. The zero-order chi connectivity index (χ0) is 13.8. The van der Waals surface area contributed by atoms with E-state index in [9.17, 15) is 0 Å². The minimum atomic E-state index is 0.671. The second-order valence-corrected chi connectivity index (χ2v) is 6.32. The number of rotatable bonds is 5. The van der Waals surface area contributed by atoms with Crippen LogP contribution in [-0.2, 0) is 0 Å². The molecular formula is C18H27NO. The predicted molar refractivity (Wildman–Crippen MR) is 83.3 cm³/mol. The molecule has 0 radical (unpaired) electrons. The van der Waals surface area contributed by atoms with Gasteiger partial charge in [0.1, 0.15) is 5.75 Å². The molecule has 1 aromatic rings. The maximum absolute atomic E-state index is 5.80. The zero-order valence-corrected chi connectivity index (χ0v) is 12.6. The van der Waals surface area contributed by atoms with Crippen LogP contribution in [0.1, 0.15) is 56.9 Å². The molecule has 1 saturated carbocycles. The van der Waals surface area contributed by atoms with Gasteiger partial charge in [0.05, 0.1) is 6.61 Å². The molecule has 1 aromatic carbocycles. The van der Waals surface area contributed by atoms with Gasteiger partial charge in [0.2, 0.25) is 0 Å². The van der Waals surface area contributed by atoms with E-state index < -0.39 is 0 Å². The van der Waals surface area contributed by atoms with Gasteiger partial charge in [-0.15, -0.1) is 0 Å². The van der Waals surface area contributed by atoms with E-state index in [1.165, 1.54) is 44.1 Å². The fraction of sp³-hybridized carbons (Fsp3) is 0.667. The Morgan fingerprint density at radius 3 is 2.80 bits per heavy atom. The van der Waals surface area contributed by atoms with Gasteiger partial charge in [0, 0.05) is 6.04 Å². The van der Waals surface area contributed by atoms with E-state index in [1.54, 1.807) is 0 Å². The Kier molecular flexibility index (Phi) is 4.62. The summed E-state index contributed by atoms with van der Waals surface area (Å²) in [6.07, 6.45) is 8.14. The van der Waals surface area contributed by atoms with Gasteiger partial charge < -0.3 is 10.1 Å². The zero-order valence-electron chi connectivity index (χ0n) is 12.6. The largest absolute Gasteiger partial charge is 0.493 e. The van der Waals surface area contributed by atoms with Gasteiger partial charge in [-0.05, 0) is 55.7 Å². The third-order valence-electron chi connectivity index (χ3n) is 5.06. The summed E-state index contributed by atoms with van der Waals surface area (Å²) in [5, 5.41) is 3.76. The van der Waals surface area contributed by atoms with Crippen LogP contribution in [0.4, 0.5) is 0 Å². The molecule has 2 unspecified atom stereocenters. The maximum atomic E-state index is 5.80. The van der Waals surface area contributed by atoms with Crippen molar-refractivity contribution in [2.75, 3.05) is 13.2 Å². The molecule has 2 atom stereocenters. The summed E-state index contributed by atoms with van der Waals surface area (Å²) in [6, 6.07) is 9.31. The lowest BCUT2D eigenvalue weighted by atomic mass is 9.83. The van der Waals surface area contributed by atoms with Crippen LogP contribution < -0.4 is 10.1 Å². The molecule has 0 saturated heterocycles. The first-order valence-electron chi connectivity index (χ1n) is 8.33. The van der Waals surface area contributed by atoms with Gasteiger partial charge >= 0.3 is 0 Å². The molecule has 1 heterocycles. The monoisotopic (exact) mass is 273 g/mol. The van der Waals surface area contributed by atoms with Crippen molar-refractivity contribution in [3.05, 3.63) is 29.8 Å². The first-order valence-corrected chi connectivity index (χ1v) is 8.33. The molecule has 2 aliphatic rings. The molecular weight excluding hydrogens is 246 g/mol. The number of benzene rings is 1. The van der Waals surface area contributed by atoms with E-state index in [0.717, 1.165) is 24.8 Å². The topological polar surface area (TPSA) is 21.3 Å². The number of ether oxygens (including phenoxy) is 1. The molecule has 1 fully saturated rings. The summed E-state index contributed by atoms with van der Waals surface area (Å²) >= 11 is 0. The third kappa shape index (κ3) is 3.01. The third-order valence-corrected chi connectivity index (χ3v) is 5.06. The van der Waals surface area contributed by atoms with Crippen LogP contribution in [0.5, 0.6) is 5.75 Å². The van der Waals surface area contributed by atoms with E-state index >= 15 is 0 Å². The van der Waals surface area contributed by atoms with Crippen molar-refractivity contribution in [1.29, 1.82) is 0 Å². The maximum Gasteiger partial charge on any atom is 0.122 e. The first kappa shape index (κ1) is 13.9. The highest BCUT2D eigenvalue weighted by Gasteiger charge is 2.29. The molecule has 0 bridgehead atoms. The summed E-state index contributed by atoms with van der Waals surface area (Å²) < 4.78 is 5.80. The van der Waals surface area contributed by atoms with Crippen LogP contribution in [0.15, 0.2) is 24.3 Å². The molecule has 3 rings (SSSR count). The fourth-order valence-electron chi connectivity index (χ4n) is 4.03. The van der Waals surface area contributed by atoms with E-state index in [-0.39, 0.29) is 0 Å². The van der Waals surface area contributed by atoms with Crippen molar-refractivity contribution in [3.8, 4) is 5.75 Å². The average Bonchev–Trinajstić information content (AvgIpc) is 3.01. The number of hydrogen-bond acceptors (Lipinski definition) is 2. The minimum absolute atomic E-state index is 0.671. The van der Waals surface area contributed by atoms with Crippen LogP contribution in [0, 0.1) is 5.92 Å². The lowest BCUT2D eigenvalue weighted by molar-refractivity contribution is 0.241. The summed E-state index contributed by atoms with van der Waals surface area (Å²) in [6.45, 7) is 4.21. The molecule has 1 aliphatic carbocycles. The second kappa shape index (κ2) is 6.62. The number of fused-ring (bicyclic) bond motifs is 1. The van der Waals surface area contributed by atoms with Gasteiger partial charge in [-0.1, -0.05) is 38.0 Å². The summed E-state index contributed by atoms with van der Waals surface area (Å²) in [7, 11) is 0. The molecule has 2 heteroatoms. The fourth-order valence-corrected chi connectivity index (χ4v) is 4.03. The molecule has 0 amide bonds. The molecule has 2 nitrogen and oxygen atoms in total. The Hall–Kier alpha value is -1.02. The lowest BCUT2D eigenvalue weighted by Crippen LogP contribution is -2.37. The first-order chi connectivity index (χ1) is 9.88. The molecule has 1 aliphatic heterocycles. The molecule has 0 spiro atoms. The van der Waals surface area contributed by atoms with Crippen molar-refractivity contribution in [2.45, 2.75) is 57.4 Å². The Morgan fingerprint density at radius 1 is 1.20 bits per heavy atom. The van der Waals surface area contributed by atoms with Crippen molar-refractivity contribution in [2.24, 2.45) is 5.92 Å². The standard InChI is InChI=1S/C18H27NO/c1-2-19-17(14-7-3-4-8-14)13-15-11-12-20-18-10-6-5-9-16(15)18/h5-6,9-10,14-15,17,19H,2-4,7-8,11-13H2,1H3. The van der Waals surface area contributed by atoms with Crippen LogP contribution in [0.3, 0.4) is 0 Å². The smallest absolute Gasteiger partial charge is 0.122 e. The van der Waals surface area contributed by atoms with Crippen molar-refractivity contribution >= 4 is 0 Å². The van der Waals surface area contributed by atoms with Crippen molar-refractivity contribution in [3.63, 3.8) is 0 Å². The number of hydrogen-bond donors (Lipinski definition) is 1. The molecule has 1 N–H and O–H groups in total. The minimum Gasteiger partial charge on any atom is -0.493 e. The molecule has 20 heavy (non-hydrogen) atoms. The summed E-state index contributed by atoms with van der Waals surface area (Å²) in [5.74, 6) is 2.68. The Balaban J connectivity index is 1.72. The van der Waals surface area contributed by atoms with Crippen LogP contribution in [-0.4, -0.2) is 19.2 Å². The predicted octanol–water partition coefficient (Wildman–Crippen LogP) is 4.11. The van der Waals surface area contributed by atoms with Gasteiger partial charge in [0.15, 0.2) is 0 Å². The quantitative estimate of drug-likeness (QED) is 0.871. The average molecular weight is 273 g/mol. The number of para-hydroxylation sites is 1. The van der Waals surface area contributed by atoms with Crippen molar-refractivity contribution < 1.29 is 4.74 Å². The molecule has 110 valence electrons. The van der Waals surface area contributed by atoms with Crippen LogP contribution >= 0.6 is 0 Å². The Morgan fingerprint density at radius 2 is 2.00 bits per heavy atom. The highest BCUT2D eigenvalue weighted by Crippen LogP contribution is 2.39. The lowest BCUT2D eigenvalue weighted by Gasteiger charge is -2.32. The van der Waals surface area contributed by atoms with E-state index in [1.807, 2.05) is 0 Å². The summed E-state index contributed by atoms with van der Waals surface area (Å²) in [5.41, 5.74) is 1.43. The number of nitrogens with one attached hydrogen (secondary N) is 1. The Labute approximate surface area is 122 Å². The van der Waals surface area contributed by atoms with Gasteiger partial charge in [-0.3, -0.25) is 0 Å². The summed E-state index contributed by atoms with van der Waals surface area (Å²) in [4.78, 5) is 0. The SMILES string of the molecule is CCNC(CC1CCOc2ccccc21)C1CCCC1.